The molecule has 1 rings (SSSR count). The van der Waals surface area contributed by atoms with Crippen molar-refractivity contribution in [3.63, 3.8) is 0 Å². The van der Waals surface area contributed by atoms with E-state index in [4.69, 9.17) is 5.11 Å². The van der Waals surface area contributed by atoms with Gasteiger partial charge in [-0.1, -0.05) is 0 Å². The van der Waals surface area contributed by atoms with Crippen LogP contribution in [0.1, 0.15) is 0 Å². The molecule has 0 aliphatic heterocycles. The van der Waals surface area contributed by atoms with Crippen LogP contribution in [0.25, 0.3) is 0 Å². The number of carbonyl (C=O) groups is 1. The number of benzene rings is 1. The minimum atomic E-state index is -4.67. The second-order valence-electron chi connectivity index (χ2n) is 2.46. The Bertz CT molecular complexity index is 346. The van der Waals surface area contributed by atoms with E-state index in [0.717, 1.165) is 0 Å². The van der Waals surface area contributed by atoms with Gasteiger partial charge in [-0.2, -0.15) is 0 Å². The Labute approximate surface area is 77.9 Å². The average molecular weight is 244 g/mol. The number of aliphatic hydroxyl groups is 1. The predicted octanol–water partition coefficient (Wildman–Crippen LogP) is -1.14. The number of hydrogen-bond donors (Lipinski definition) is 2. The molecule has 0 saturated heterocycles. The van der Waals surface area contributed by atoms with Gasteiger partial charge in [-0.05, 0) is 0 Å². The SMILES string of the molecule is O=C(CO)[As](=O)(O)c1ccccc1. The van der Waals surface area contributed by atoms with E-state index in [2.05, 4.69) is 0 Å². The van der Waals surface area contributed by atoms with Gasteiger partial charge >= 0.3 is 77.4 Å². The standard InChI is InChI=1S/C8H9AsO4/c10-6-8(11)9(12,13)7-4-2-1-3-5-7/h1-5,10H,6H2,(H,12,13). The topological polar surface area (TPSA) is 74.6 Å². The molecule has 0 fully saturated rings. The van der Waals surface area contributed by atoms with Gasteiger partial charge in [-0.25, -0.2) is 0 Å². The first-order chi connectivity index (χ1) is 6.09. The monoisotopic (exact) mass is 244 g/mol. The molecule has 0 heterocycles. The van der Waals surface area contributed by atoms with Gasteiger partial charge in [-0.15, -0.1) is 0 Å². The molecule has 1 aromatic carbocycles. The van der Waals surface area contributed by atoms with E-state index in [-0.39, 0.29) is 4.35 Å². The van der Waals surface area contributed by atoms with Crippen LogP contribution < -0.4 is 4.35 Å². The van der Waals surface area contributed by atoms with E-state index in [0.29, 0.717) is 0 Å². The molecule has 5 heteroatoms. The van der Waals surface area contributed by atoms with Crippen LogP contribution in [0.2, 0.25) is 0 Å². The van der Waals surface area contributed by atoms with Crippen molar-refractivity contribution in [2.24, 2.45) is 0 Å². The van der Waals surface area contributed by atoms with E-state index in [1.165, 1.54) is 12.1 Å². The summed E-state index contributed by atoms with van der Waals surface area (Å²) in [6.07, 6.45) is 0. The first-order valence-corrected chi connectivity index (χ1v) is 7.10. The third kappa shape index (κ3) is 2.10. The molecule has 0 aliphatic carbocycles. The van der Waals surface area contributed by atoms with E-state index in [1.807, 2.05) is 0 Å². The van der Waals surface area contributed by atoms with Crippen molar-refractivity contribution in [1.29, 1.82) is 0 Å². The molecular weight excluding hydrogens is 235 g/mol. The molecule has 2 N–H and O–H groups in total. The number of hydrogen-bond acceptors (Lipinski definition) is 3. The molecule has 4 nitrogen and oxygen atoms in total. The molecular formula is C8H9AsO4. The van der Waals surface area contributed by atoms with E-state index >= 15 is 0 Å². The van der Waals surface area contributed by atoms with Crippen molar-refractivity contribution >= 4 is 22.8 Å². The predicted molar refractivity (Wildman–Crippen MR) is 46.8 cm³/mol. The first-order valence-electron chi connectivity index (χ1n) is 3.61. The quantitative estimate of drug-likeness (QED) is 0.659. The fourth-order valence-electron chi connectivity index (χ4n) is 0.870. The molecule has 1 atom stereocenters. The molecule has 0 saturated carbocycles. The zero-order valence-corrected chi connectivity index (χ0v) is 8.63. The Kier molecular flexibility index (Phi) is 3.09. The second kappa shape index (κ2) is 3.92. The van der Waals surface area contributed by atoms with Crippen molar-refractivity contribution in [2.45, 2.75) is 0 Å². The van der Waals surface area contributed by atoms with Gasteiger partial charge in [0.15, 0.2) is 0 Å². The maximum absolute atomic E-state index is 11.5. The van der Waals surface area contributed by atoms with Crippen LogP contribution in [0.4, 0.5) is 0 Å². The fourth-order valence-corrected chi connectivity index (χ4v) is 3.09. The molecule has 0 spiro atoms. The van der Waals surface area contributed by atoms with Gasteiger partial charge in [0.2, 0.25) is 0 Å². The molecule has 0 aliphatic rings. The molecule has 13 heavy (non-hydrogen) atoms. The molecule has 0 aromatic heterocycles. The van der Waals surface area contributed by atoms with Crippen molar-refractivity contribution in [3.05, 3.63) is 30.3 Å². The summed E-state index contributed by atoms with van der Waals surface area (Å²) in [5, 5.41) is 8.47. The van der Waals surface area contributed by atoms with Crippen LogP contribution in [0, 0.1) is 0 Å². The van der Waals surface area contributed by atoms with Gasteiger partial charge in [0.1, 0.15) is 0 Å². The fraction of sp³-hybridized carbons (Fsp3) is 0.125. The zero-order valence-electron chi connectivity index (χ0n) is 6.75. The Balaban J connectivity index is 3.08. The molecule has 0 bridgehead atoms. The van der Waals surface area contributed by atoms with Gasteiger partial charge in [0, 0.05) is 0 Å². The number of aliphatic hydroxyl groups excluding tert-OH is 1. The van der Waals surface area contributed by atoms with Crippen molar-refractivity contribution in [1.82, 2.24) is 0 Å². The van der Waals surface area contributed by atoms with Crippen molar-refractivity contribution in [2.75, 3.05) is 6.61 Å². The second-order valence-corrected chi connectivity index (χ2v) is 7.01. The summed E-state index contributed by atoms with van der Waals surface area (Å²) < 4.78 is 19.9. The van der Waals surface area contributed by atoms with Crippen molar-refractivity contribution < 1.29 is 17.7 Å². The minimum absolute atomic E-state index is 0.111. The van der Waals surface area contributed by atoms with E-state index in [9.17, 15) is 12.6 Å². The van der Waals surface area contributed by atoms with Crippen LogP contribution in [0.3, 0.4) is 0 Å². The Morgan fingerprint density at radius 2 is 1.85 bits per heavy atom. The summed E-state index contributed by atoms with van der Waals surface area (Å²) in [5.41, 5.74) is 0. The molecule has 1 aromatic rings. The van der Waals surface area contributed by atoms with Crippen LogP contribution >= 0.6 is 0 Å². The molecule has 0 radical (unpaired) electrons. The Hall–Kier alpha value is -0.832. The number of carbonyl (C=O) groups excluding carboxylic acids is 1. The van der Waals surface area contributed by atoms with Gasteiger partial charge in [-0.3, -0.25) is 0 Å². The molecule has 1 unspecified atom stereocenters. The summed E-state index contributed by atoms with van der Waals surface area (Å²) in [7, 11) is 0. The third-order valence-electron chi connectivity index (χ3n) is 1.58. The average Bonchev–Trinajstić information content (AvgIpc) is 2.18. The Morgan fingerprint density at radius 3 is 2.31 bits per heavy atom. The zero-order chi connectivity index (χ0) is 9.90. The summed E-state index contributed by atoms with van der Waals surface area (Å²) in [4.78, 5) is 10.9. The first kappa shape index (κ1) is 10.3. The van der Waals surface area contributed by atoms with Gasteiger partial charge in [0.25, 0.3) is 0 Å². The van der Waals surface area contributed by atoms with Gasteiger partial charge < -0.3 is 0 Å². The van der Waals surface area contributed by atoms with Crippen LogP contribution in [-0.2, 0) is 8.53 Å². The summed E-state index contributed by atoms with van der Waals surface area (Å²) in [6, 6.07) is 7.65. The van der Waals surface area contributed by atoms with Crippen LogP contribution in [0.15, 0.2) is 30.3 Å². The molecule has 70 valence electrons. The van der Waals surface area contributed by atoms with Crippen LogP contribution in [0.5, 0.6) is 0 Å². The normalized spacial score (nSPS) is 14.9. The Morgan fingerprint density at radius 1 is 1.31 bits per heavy atom. The number of rotatable bonds is 3. The van der Waals surface area contributed by atoms with E-state index < -0.39 is 25.0 Å². The summed E-state index contributed by atoms with van der Waals surface area (Å²) >= 11 is -4.67. The van der Waals surface area contributed by atoms with E-state index in [1.54, 1.807) is 18.2 Å². The summed E-state index contributed by atoms with van der Waals surface area (Å²) in [5.74, 6) is 0. The van der Waals surface area contributed by atoms with Crippen molar-refractivity contribution in [3.8, 4) is 0 Å². The van der Waals surface area contributed by atoms with Crippen LogP contribution in [-0.4, -0.2) is 34.2 Å². The molecule has 0 amide bonds. The maximum atomic E-state index is 11.5. The third-order valence-corrected chi connectivity index (χ3v) is 5.39. The van der Waals surface area contributed by atoms with Gasteiger partial charge in [0.05, 0.1) is 0 Å². The summed E-state index contributed by atoms with van der Waals surface area (Å²) in [6.45, 7) is -0.887.